The molecule has 45 heavy (non-hydrogen) atoms. The zero-order valence-electron chi connectivity index (χ0n) is 25.6. The molecule has 2 atom stereocenters. The first-order valence-corrected chi connectivity index (χ1v) is 16.4. The van der Waals surface area contributed by atoms with Crippen molar-refractivity contribution in [2.45, 2.75) is 74.9 Å². The van der Waals surface area contributed by atoms with Gasteiger partial charge >= 0.3 is 6.15 Å². The van der Waals surface area contributed by atoms with E-state index in [-0.39, 0.29) is 11.9 Å². The first-order chi connectivity index (χ1) is 22.0. The summed E-state index contributed by atoms with van der Waals surface area (Å²) in [5.41, 5.74) is 10.3. The average Bonchev–Trinajstić information content (AvgIpc) is 3.94. The molecule has 8 fully saturated rings. The van der Waals surface area contributed by atoms with Crippen molar-refractivity contribution in [1.29, 1.82) is 0 Å². The Morgan fingerprint density at radius 1 is 0.822 bits per heavy atom. The molecule has 2 saturated carbocycles. The predicted molar refractivity (Wildman–Crippen MR) is 166 cm³/mol. The van der Waals surface area contributed by atoms with Crippen LogP contribution in [-0.4, -0.2) is 75.0 Å². The van der Waals surface area contributed by atoms with E-state index in [1.807, 2.05) is 48.5 Å². The molecule has 2 N–H and O–H groups in total. The molecular formula is C35H41N5O5. The van der Waals surface area contributed by atoms with Crippen molar-refractivity contribution in [3.63, 3.8) is 0 Å². The minimum absolute atomic E-state index is 0.0845. The molecule has 2 aromatic heterocycles. The third-order valence-corrected chi connectivity index (χ3v) is 11.4. The fourth-order valence-corrected chi connectivity index (χ4v) is 8.81. The van der Waals surface area contributed by atoms with Crippen LogP contribution in [0.15, 0.2) is 63.8 Å². The van der Waals surface area contributed by atoms with Gasteiger partial charge in [-0.2, -0.15) is 9.59 Å². The highest BCUT2D eigenvalue weighted by molar-refractivity contribution is 5.94. The van der Waals surface area contributed by atoms with Crippen molar-refractivity contribution in [2.75, 3.05) is 26.2 Å². The van der Waals surface area contributed by atoms with Crippen molar-refractivity contribution < 1.29 is 23.2 Å². The first-order valence-electron chi connectivity index (χ1n) is 16.4. The van der Waals surface area contributed by atoms with E-state index in [4.69, 9.17) is 24.2 Å². The number of fused-ring (bicyclic) bond motifs is 6. The molecule has 0 radical (unpaired) electrons. The summed E-state index contributed by atoms with van der Waals surface area (Å²) < 4.78 is 10.7. The van der Waals surface area contributed by atoms with Gasteiger partial charge in [-0.1, -0.05) is 24.3 Å². The molecule has 2 aliphatic carbocycles. The van der Waals surface area contributed by atoms with Crippen LogP contribution in [0.5, 0.6) is 0 Å². The second-order valence-corrected chi connectivity index (χ2v) is 13.5. The quantitative estimate of drug-likeness (QED) is 0.312. The summed E-state index contributed by atoms with van der Waals surface area (Å²) in [4.78, 5) is 42.6. The molecule has 8 aliphatic rings. The fraction of sp³-hybridized carbons (Fsp3) is 0.543. The van der Waals surface area contributed by atoms with E-state index < -0.39 is 0 Å². The van der Waals surface area contributed by atoms with Crippen molar-refractivity contribution in [1.82, 2.24) is 19.8 Å². The fourth-order valence-electron chi connectivity index (χ4n) is 8.81. The van der Waals surface area contributed by atoms with Crippen LogP contribution in [0.25, 0.3) is 22.2 Å². The summed E-state index contributed by atoms with van der Waals surface area (Å²) >= 11 is 0. The molecule has 236 valence electrons. The van der Waals surface area contributed by atoms with Gasteiger partial charge in [0.1, 0.15) is 11.0 Å². The summed E-state index contributed by atoms with van der Waals surface area (Å²) in [7, 11) is 0. The second kappa shape index (κ2) is 12.2. The summed E-state index contributed by atoms with van der Waals surface area (Å²) in [5.74, 6) is 2.48. The summed E-state index contributed by atoms with van der Waals surface area (Å²) in [6.45, 7) is 5.13. The van der Waals surface area contributed by atoms with Crippen LogP contribution in [0.1, 0.15) is 68.5 Å². The Labute approximate surface area is 262 Å². The van der Waals surface area contributed by atoms with Crippen molar-refractivity contribution in [2.24, 2.45) is 23.5 Å². The molecule has 6 aliphatic heterocycles. The number of para-hydroxylation sites is 4. The standard InChI is InChI=1S/C18H20N2O2.C9H16N2.C7H5NO.CO2/c21-15(17-19-14-3-1-2-4-16(14)22-17)11-13-12-5-9-20(10-6-12)18(13)7-8-18;10-8-7-1-5-11(6-2-7)9(8)3-4-9;1-2-4-7-6(3-1)8-5-9-7;2-1-3/h1-4,12-13H,5-11H2;7-8H,1-6,10H2;1-5H;/t13-;8-;;/m11../s1. The van der Waals surface area contributed by atoms with Gasteiger partial charge in [-0.25, -0.2) is 9.97 Å². The number of piperidine rings is 6. The third-order valence-electron chi connectivity index (χ3n) is 11.4. The summed E-state index contributed by atoms with van der Waals surface area (Å²) in [5, 5.41) is 0. The lowest BCUT2D eigenvalue weighted by Crippen LogP contribution is -2.63. The zero-order valence-corrected chi connectivity index (χ0v) is 25.6. The molecule has 12 rings (SSSR count). The lowest BCUT2D eigenvalue weighted by Gasteiger charge is -2.52. The van der Waals surface area contributed by atoms with Gasteiger partial charge in [0.2, 0.25) is 5.78 Å². The Morgan fingerprint density at radius 3 is 1.93 bits per heavy atom. The lowest BCUT2D eigenvalue weighted by molar-refractivity contribution is -0.191. The summed E-state index contributed by atoms with van der Waals surface area (Å²) in [6, 6.07) is 15.8. The number of carbonyl (C=O) groups excluding carboxylic acids is 3. The average molecular weight is 612 g/mol. The SMILES string of the molecule is N[C@@H]1C2CCN(CC2)C12CC2.O=C(C[C@@H]1C2CCN(CC2)C12CC2)c1nc2ccccc2o1.O=C=O.c1ccc2ocnc2c1. The van der Waals surface area contributed by atoms with Gasteiger partial charge in [-0.3, -0.25) is 14.6 Å². The van der Waals surface area contributed by atoms with Gasteiger partial charge in [0.25, 0.3) is 5.89 Å². The molecule has 2 aromatic carbocycles. The largest absolute Gasteiger partial charge is 0.443 e. The minimum Gasteiger partial charge on any atom is -0.443 e. The number of hydrogen-bond acceptors (Lipinski definition) is 10. The predicted octanol–water partition coefficient (Wildman–Crippen LogP) is 5.09. The van der Waals surface area contributed by atoms with Crippen LogP contribution in [0.3, 0.4) is 0 Å². The van der Waals surface area contributed by atoms with E-state index in [9.17, 15) is 4.79 Å². The number of oxazole rings is 2. The number of carbonyl (C=O) groups is 1. The zero-order chi connectivity index (χ0) is 31.0. The topological polar surface area (TPSA) is 136 Å². The number of benzene rings is 2. The normalized spacial score (nSPS) is 30.3. The monoisotopic (exact) mass is 611 g/mol. The number of hydrogen-bond donors (Lipinski definition) is 1. The molecule has 6 saturated heterocycles. The van der Waals surface area contributed by atoms with Gasteiger partial charge in [-0.05, 0) is 120 Å². The number of ketones is 1. The maximum Gasteiger partial charge on any atom is 0.373 e. The van der Waals surface area contributed by atoms with Crippen molar-refractivity contribution in [3.05, 3.63) is 60.8 Å². The van der Waals surface area contributed by atoms with E-state index in [1.54, 1.807) is 0 Å². The smallest absolute Gasteiger partial charge is 0.373 e. The number of aromatic nitrogens is 2. The van der Waals surface area contributed by atoms with Gasteiger partial charge < -0.3 is 14.6 Å². The number of nitrogens with two attached hydrogens (primary N) is 1. The van der Waals surface area contributed by atoms with E-state index in [0.29, 0.717) is 40.9 Å². The molecular weight excluding hydrogens is 570 g/mol. The van der Waals surface area contributed by atoms with Crippen molar-refractivity contribution in [3.8, 4) is 0 Å². The lowest BCUT2D eigenvalue weighted by atomic mass is 9.70. The van der Waals surface area contributed by atoms with Crippen LogP contribution in [0, 0.1) is 17.8 Å². The van der Waals surface area contributed by atoms with Gasteiger partial charge in [0, 0.05) is 23.5 Å². The molecule has 8 heterocycles. The van der Waals surface area contributed by atoms with Gasteiger partial charge in [0.15, 0.2) is 17.6 Å². The molecule has 2 spiro atoms. The molecule has 4 aromatic rings. The van der Waals surface area contributed by atoms with Crippen LogP contribution < -0.4 is 5.73 Å². The highest BCUT2D eigenvalue weighted by atomic mass is 16.4. The number of Topliss-reactive ketones (excluding diaryl/α,β-unsaturated/α-hetero) is 1. The molecule has 0 amide bonds. The Kier molecular flexibility index (Phi) is 8.16. The number of rotatable bonds is 3. The minimum atomic E-state index is 0.0845. The maximum atomic E-state index is 12.7. The molecule has 10 nitrogen and oxygen atoms in total. The second-order valence-electron chi connectivity index (χ2n) is 13.5. The van der Waals surface area contributed by atoms with Crippen LogP contribution in [-0.2, 0) is 9.59 Å². The maximum absolute atomic E-state index is 12.7. The Balaban J connectivity index is 0.000000117. The van der Waals surface area contributed by atoms with Crippen molar-refractivity contribution >= 4 is 34.1 Å². The molecule has 10 heteroatoms. The molecule has 0 unspecified atom stereocenters. The highest BCUT2D eigenvalue weighted by Gasteiger charge is 2.61. The van der Waals surface area contributed by atoms with Crippen LogP contribution in [0.2, 0.25) is 0 Å². The Morgan fingerprint density at radius 2 is 1.38 bits per heavy atom. The van der Waals surface area contributed by atoms with Crippen LogP contribution >= 0.6 is 0 Å². The first kappa shape index (κ1) is 30.0. The Hall–Kier alpha value is -3.69. The van der Waals surface area contributed by atoms with Gasteiger partial charge in [0.05, 0.1) is 0 Å². The van der Waals surface area contributed by atoms with E-state index in [1.165, 1.54) is 83.9 Å². The van der Waals surface area contributed by atoms with E-state index in [2.05, 4.69) is 19.8 Å². The summed E-state index contributed by atoms with van der Waals surface area (Å²) in [6.07, 6.45) is 12.9. The number of nitrogens with zero attached hydrogens (tertiary/aromatic N) is 4. The van der Waals surface area contributed by atoms with Crippen LogP contribution in [0.4, 0.5) is 0 Å². The van der Waals surface area contributed by atoms with E-state index >= 15 is 0 Å². The van der Waals surface area contributed by atoms with Gasteiger partial charge in [-0.15, -0.1) is 0 Å². The molecule has 4 bridgehead atoms. The van der Waals surface area contributed by atoms with E-state index in [0.717, 1.165) is 28.5 Å². The third kappa shape index (κ3) is 5.65. The Bertz CT molecular complexity index is 1600. The highest BCUT2D eigenvalue weighted by Crippen LogP contribution is 2.58.